The summed E-state index contributed by atoms with van der Waals surface area (Å²) in [6, 6.07) is 8.11. The number of carbonyl (C=O) groups excluding carboxylic acids is 1. The molecular formula is C20H22F3N3O. The molecule has 2 atom stereocenters. The monoisotopic (exact) mass is 377 g/mol. The first-order valence-electron chi connectivity index (χ1n) is 9.32. The maximum absolute atomic E-state index is 12.5. The van der Waals surface area contributed by atoms with Gasteiger partial charge in [0.05, 0.1) is 6.20 Å². The number of carbonyl (C=O) groups is 1. The molecule has 2 aromatic rings. The molecule has 1 heterocycles. The van der Waals surface area contributed by atoms with Gasteiger partial charge in [0.15, 0.2) is 5.78 Å². The molecular weight excluding hydrogens is 355 g/mol. The lowest BCUT2D eigenvalue weighted by Gasteiger charge is -2.06. The molecule has 2 aliphatic rings. The molecule has 0 bridgehead atoms. The van der Waals surface area contributed by atoms with E-state index in [0.717, 1.165) is 29.1 Å². The van der Waals surface area contributed by atoms with E-state index in [4.69, 9.17) is 0 Å². The molecule has 0 amide bonds. The average molecular weight is 377 g/mol. The molecule has 2 saturated carbocycles. The normalized spacial score (nSPS) is 22.0. The van der Waals surface area contributed by atoms with Crippen LogP contribution in [0.3, 0.4) is 0 Å². The quantitative estimate of drug-likeness (QED) is 0.713. The second-order valence-electron chi connectivity index (χ2n) is 7.69. The zero-order valence-corrected chi connectivity index (χ0v) is 14.9. The fraction of sp³-hybridized carbons (Fsp3) is 0.500. The van der Waals surface area contributed by atoms with E-state index in [1.165, 1.54) is 25.2 Å². The number of nitrogens with zero attached hydrogens (tertiary/aromatic N) is 2. The van der Waals surface area contributed by atoms with Crippen LogP contribution in [0, 0.1) is 5.92 Å². The van der Waals surface area contributed by atoms with Gasteiger partial charge in [-0.05, 0) is 48.9 Å². The van der Waals surface area contributed by atoms with Crippen molar-refractivity contribution in [2.24, 2.45) is 5.92 Å². The van der Waals surface area contributed by atoms with Gasteiger partial charge in [-0.2, -0.15) is 18.3 Å². The molecule has 27 heavy (non-hydrogen) atoms. The first-order chi connectivity index (χ1) is 12.9. The van der Waals surface area contributed by atoms with Crippen LogP contribution >= 0.6 is 0 Å². The fourth-order valence-electron chi connectivity index (χ4n) is 3.43. The predicted molar refractivity (Wildman–Crippen MR) is 94.6 cm³/mol. The van der Waals surface area contributed by atoms with Gasteiger partial charge in [-0.3, -0.25) is 9.48 Å². The first-order valence-corrected chi connectivity index (χ1v) is 9.32. The van der Waals surface area contributed by atoms with Gasteiger partial charge >= 0.3 is 6.18 Å². The zero-order chi connectivity index (χ0) is 19.0. The lowest BCUT2D eigenvalue weighted by Crippen LogP contribution is -2.20. The van der Waals surface area contributed by atoms with E-state index < -0.39 is 12.7 Å². The van der Waals surface area contributed by atoms with Gasteiger partial charge in [0.2, 0.25) is 0 Å². The predicted octanol–water partition coefficient (Wildman–Crippen LogP) is 3.73. The van der Waals surface area contributed by atoms with Crippen molar-refractivity contribution in [3.8, 4) is 0 Å². The van der Waals surface area contributed by atoms with E-state index in [1.54, 1.807) is 6.07 Å². The van der Waals surface area contributed by atoms with Gasteiger partial charge in [0.1, 0.15) is 6.54 Å². The summed E-state index contributed by atoms with van der Waals surface area (Å²) in [5.74, 6) is 1.19. The van der Waals surface area contributed by atoms with Crippen LogP contribution in [-0.2, 0) is 13.0 Å². The summed E-state index contributed by atoms with van der Waals surface area (Å²) in [4.78, 5) is 12.5. The Kier molecular flexibility index (Phi) is 4.80. The molecule has 2 aliphatic carbocycles. The lowest BCUT2D eigenvalue weighted by molar-refractivity contribution is -0.142. The molecule has 0 aliphatic heterocycles. The van der Waals surface area contributed by atoms with Gasteiger partial charge in [-0.25, -0.2) is 0 Å². The molecule has 2 unspecified atom stereocenters. The Bertz CT molecular complexity index is 826. The number of benzene rings is 1. The second kappa shape index (κ2) is 7.11. The van der Waals surface area contributed by atoms with E-state index in [1.807, 2.05) is 18.2 Å². The van der Waals surface area contributed by atoms with Gasteiger partial charge in [-0.15, -0.1) is 0 Å². The largest absolute Gasteiger partial charge is 0.408 e. The van der Waals surface area contributed by atoms with Gasteiger partial charge < -0.3 is 5.32 Å². The smallest absolute Gasteiger partial charge is 0.313 e. The van der Waals surface area contributed by atoms with Crippen LogP contribution in [0.1, 0.15) is 46.7 Å². The van der Waals surface area contributed by atoms with Crippen molar-refractivity contribution in [3.63, 3.8) is 0 Å². The summed E-state index contributed by atoms with van der Waals surface area (Å²) >= 11 is 0. The molecule has 1 N–H and O–H groups in total. The van der Waals surface area contributed by atoms with Crippen LogP contribution in [0.5, 0.6) is 0 Å². The Morgan fingerprint density at radius 2 is 2.11 bits per heavy atom. The number of hydrogen-bond acceptors (Lipinski definition) is 3. The number of alkyl halides is 3. The Balaban J connectivity index is 1.35. The van der Waals surface area contributed by atoms with Crippen LogP contribution in [-0.4, -0.2) is 34.3 Å². The van der Waals surface area contributed by atoms with E-state index in [-0.39, 0.29) is 12.2 Å². The van der Waals surface area contributed by atoms with Crippen molar-refractivity contribution in [2.75, 3.05) is 6.54 Å². The third kappa shape index (κ3) is 4.97. The summed E-state index contributed by atoms with van der Waals surface area (Å²) in [5, 5.41) is 7.28. The molecule has 4 nitrogen and oxygen atoms in total. The van der Waals surface area contributed by atoms with Crippen molar-refractivity contribution in [3.05, 3.63) is 53.3 Å². The number of Topliss-reactive ketones (excluding diaryl/α,β-unsaturated/α-hetero) is 1. The van der Waals surface area contributed by atoms with Gasteiger partial charge in [0.25, 0.3) is 0 Å². The summed E-state index contributed by atoms with van der Waals surface area (Å²) in [7, 11) is 0. The van der Waals surface area contributed by atoms with Crippen molar-refractivity contribution in [1.29, 1.82) is 0 Å². The van der Waals surface area contributed by atoms with Crippen molar-refractivity contribution in [2.45, 2.75) is 50.4 Å². The lowest BCUT2D eigenvalue weighted by atomic mass is 10.0. The summed E-state index contributed by atoms with van der Waals surface area (Å²) < 4.78 is 38.0. The molecule has 1 aromatic heterocycles. The third-order valence-electron chi connectivity index (χ3n) is 5.19. The zero-order valence-electron chi connectivity index (χ0n) is 14.9. The summed E-state index contributed by atoms with van der Waals surface area (Å²) in [5.41, 5.74) is 2.25. The first kappa shape index (κ1) is 18.2. The molecule has 1 aromatic carbocycles. The Hall–Kier alpha value is -2.15. The molecule has 0 spiro atoms. The van der Waals surface area contributed by atoms with E-state index >= 15 is 0 Å². The van der Waals surface area contributed by atoms with Crippen LogP contribution in [0.4, 0.5) is 13.2 Å². The maximum Gasteiger partial charge on any atom is 0.408 e. The topological polar surface area (TPSA) is 46.9 Å². The summed E-state index contributed by atoms with van der Waals surface area (Å²) in [6.07, 6.45) is 2.09. The van der Waals surface area contributed by atoms with Crippen molar-refractivity contribution >= 4 is 5.78 Å². The third-order valence-corrected chi connectivity index (χ3v) is 5.19. The number of aromatic nitrogens is 2. The number of nitrogens with one attached hydrogen (secondary N) is 1. The number of rotatable bonds is 8. The van der Waals surface area contributed by atoms with Gasteiger partial charge in [0, 0.05) is 30.1 Å². The molecule has 4 rings (SSSR count). The average Bonchev–Trinajstić information content (AvgIpc) is 3.51. The Labute approximate surface area is 155 Å². The fourth-order valence-corrected chi connectivity index (χ4v) is 3.43. The number of halogens is 3. The minimum atomic E-state index is -4.32. The van der Waals surface area contributed by atoms with Crippen LogP contribution in [0.15, 0.2) is 36.7 Å². The minimum absolute atomic E-state index is 0.0509. The number of ketones is 1. The highest BCUT2D eigenvalue weighted by Crippen LogP contribution is 2.41. The second-order valence-corrected chi connectivity index (χ2v) is 7.69. The van der Waals surface area contributed by atoms with Crippen LogP contribution in [0.25, 0.3) is 0 Å². The molecule has 7 heteroatoms. The van der Waals surface area contributed by atoms with Gasteiger partial charge in [-0.1, -0.05) is 18.2 Å². The highest BCUT2D eigenvalue weighted by atomic mass is 19.4. The standard InChI is InChI=1S/C20H22F3N3O/c21-20(22,23)12-26-11-14(10-25-26)6-19(27)16-3-1-2-15(7-16)17-8-18(17)24-9-13-4-5-13/h1-3,7,10-11,13,17-18,24H,4-6,8-9,12H2. The van der Waals surface area contributed by atoms with E-state index in [9.17, 15) is 18.0 Å². The maximum atomic E-state index is 12.5. The SMILES string of the molecule is O=C(Cc1cnn(CC(F)(F)F)c1)c1cccc(C2CC2NCC2CC2)c1. The Morgan fingerprint density at radius 1 is 1.30 bits per heavy atom. The Morgan fingerprint density at radius 3 is 2.85 bits per heavy atom. The molecule has 0 radical (unpaired) electrons. The van der Waals surface area contributed by atoms with Crippen molar-refractivity contribution < 1.29 is 18.0 Å². The highest BCUT2D eigenvalue weighted by Gasteiger charge is 2.39. The molecule has 0 saturated heterocycles. The minimum Gasteiger partial charge on any atom is -0.313 e. The van der Waals surface area contributed by atoms with Crippen LogP contribution in [0.2, 0.25) is 0 Å². The van der Waals surface area contributed by atoms with Crippen molar-refractivity contribution in [1.82, 2.24) is 15.1 Å². The number of hydrogen-bond donors (Lipinski definition) is 1. The van der Waals surface area contributed by atoms with E-state index in [0.29, 0.717) is 23.1 Å². The highest BCUT2D eigenvalue weighted by molar-refractivity contribution is 5.97. The van der Waals surface area contributed by atoms with E-state index in [2.05, 4.69) is 10.4 Å². The molecule has 2 fully saturated rings. The summed E-state index contributed by atoms with van der Waals surface area (Å²) in [6.45, 7) is -0.0602. The molecule has 144 valence electrons. The van der Waals surface area contributed by atoms with Crippen LogP contribution < -0.4 is 5.32 Å².